The van der Waals surface area contributed by atoms with Crippen LogP contribution in [0.25, 0.3) is 21.3 Å². The van der Waals surface area contributed by atoms with Crippen LogP contribution in [0, 0.1) is 6.92 Å². The molecule has 0 fully saturated rings. The molecular formula is C24H25N3O3S. The largest absolute Gasteiger partial charge is 0.488 e. The second-order valence-electron chi connectivity index (χ2n) is 7.50. The normalized spacial score (nSPS) is 11.2. The van der Waals surface area contributed by atoms with E-state index in [9.17, 15) is 9.59 Å². The Labute approximate surface area is 184 Å². The van der Waals surface area contributed by atoms with Crippen molar-refractivity contribution in [1.29, 1.82) is 0 Å². The number of rotatable bonds is 7. The van der Waals surface area contributed by atoms with Crippen molar-refractivity contribution in [2.75, 3.05) is 6.61 Å². The molecule has 1 N–H and O–H groups in total. The van der Waals surface area contributed by atoms with Crippen molar-refractivity contribution in [3.63, 3.8) is 0 Å². The van der Waals surface area contributed by atoms with Crippen LogP contribution in [0.4, 0.5) is 0 Å². The summed E-state index contributed by atoms with van der Waals surface area (Å²) in [4.78, 5) is 34.5. The fraction of sp³-hybridized carbons (Fsp3) is 0.292. The van der Waals surface area contributed by atoms with Gasteiger partial charge in [-0.15, -0.1) is 11.3 Å². The van der Waals surface area contributed by atoms with Crippen molar-refractivity contribution in [3.8, 4) is 16.9 Å². The van der Waals surface area contributed by atoms with Crippen LogP contribution < -0.4 is 15.7 Å². The standard InChI is InChI=1S/C24H25N3O3S/c1-4-10-30-20-12-25-17(11-19(20)28)13-27-21(5-2)26-23-22(24(27)29)18(14-31-23)16-8-6-15(3)7-9-16/h6-9,11-12,14H,4-5,10,13H2,1-3H3,(H,25,28). The van der Waals surface area contributed by atoms with Gasteiger partial charge in [0.2, 0.25) is 5.43 Å². The van der Waals surface area contributed by atoms with E-state index in [1.807, 2.05) is 50.4 Å². The number of hydrogen-bond donors (Lipinski definition) is 1. The number of ether oxygens (including phenoxy) is 1. The molecule has 0 saturated carbocycles. The van der Waals surface area contributed by atoms with E-state index >= 15 is 0 Å². The molecule has 0 saturated heterocycles. The van der Waals surface area contributed by atoms with Crippen LogP contribution in [-0.4, -0.2) is 21.1 Å². The van der Waals surface area contributed by atoms with Crippen LogP contribution in [0.1, 0.15) is 37.4 Å². The van der Waals surface area contributed by atoms with Crippen LogP contribution in [-0.2, 0) is 13.0 Å². The molecule has 0 spiro atoms. The first-order chi connectivity index (χ1) is 15.0. The molecule has 3 heterocycles. The zero-order valence-corrected chi connectivity index (χ0v) is 18.7. The van der Waals surface area contributed by atoms with E-state index in [0.29, 0.717) is 35.7 Å². The van der Waals surface area contributed by atoms with E-state index in [1.165, 1.54) is 23.0 Å². The first-order valence-electron chi connectivity index (χ1n) is 10.4. The summed E-state index contributed by atoms with van der Waals surface area (Å²) in [6, 6.07) is 9.63. The fourth-order valence-corrected chi connectivity index (χ4v) is 4.49. The Bertz CT molecular complexity index is 1330. The van der Waals surface area contributed by atoms with Gasteiger partial charge in [-0.25, -0.2) is 4.98 Å². The highest BCUT2D eigenvalue weighted by atomic mass is 32.1. The van der Waals surface area contributed by atoms with Crippen molar-refractivity contribution >= 4 is 21.6 Å². The van der Waals surface area contributed by atoms with Crippen LogP contribution >= 0.6 is 11.3 Å². The number of thiophene rings is 1. The van der Waals surface area contributed by atoms with Gasteiger partial charge in [-0.05, 0) is 18.9 Å². The van der Waals surface area contributed by atoms with Crippen LogP contribution in [0.15, 0.2) is 51.5 Å². The lowest BCUT2D eigenvalue weighted by molar-refractivity contribution is 0.313. The molecule has 4 aromatic rings. The van der Waals surface area contributed by atoms with Gasteiger partial charge >= 0.3 is 0 Å². The third kappa shape index (κ3) is 4.18. The Hall–Kier alpha value is -3.19. The maximum absolute atomic E-state index is 13.5. The van der Waals surface area contributed by atoms with Crippen molar-refractivity contribution < 1.29 is 4.74 Å². The Balaban J connectivity index is 1.78. The molecule has 0 unspecified atom stereocenters. The average Bonchev–Trinajstić information content (AvgIpc) is 3.19. The molecule has 0 amide bonds. The molecule has 3 aromatic heterocycles. The molecule has 0 bridgehead atoms. The second kappa shape index (κ2) is 8.89. The number of benzene rings is 1. The van der Waals surface area contributed by atoms with Gasteiger partial charge in [0.05, 0.1) is 18.5 Å². The number of aromatic nitrogens is 3. The van der Waals surface area contributed by atoms with E-state index in [1.54, 1.807) is 10.8 Å². The van der Waals surface area contributed by atoms with Gasteiger partial charge in [-0.2, -0.15) is 0 Å². The lowest BCUT2D eigenvalue weighted by Gasteiger charge is -2.12. The summed E-state index contributed by atoms with van der Waals surface area (Å²) in [6.45, 7) is 6.74. The van der Waals surface area contributed by atoms with Crippen molar-refractivity contribution in [2.24, 2.45) is 0 Å². The zero-order chi connectivity index (χ0) is 22.0. The van der Waals surface area contributed by atoms with Gasteiger partial charge in [-0.1, -0.05) is 43.7 Å². The minimum Gasteiger partial charge on any atom is -0.488 e. The monoisotopic (exact) mass is 435 g/mol. The molecule has 0 radical (unpaired) electrons. The molecule has 160 valence electrons. The van der Waals surface area contributed by atoms with Gasteiger partial charge in [0.15, 0.2) is 5.75 Å². The summed E-state index contributed by atoms with van der Waals surface area (Å²) < 4.78 is 7.11. The maximum atomic E-state index is 13.5. The minimum atomic E-state index is -0.196. The summed E-state index contributed by atoms with van der Waals surface area (Å²) >= 11 is 1.48. The summed E-state index contributed by atoms with van der Waals surface area (Å²) in [5.41, 5.74) is 3.41. The number of nitrogens with one attached hydrogen (secondary N) is 1. The highest BCUT2D eigenvalue weighted by Gasteiger charge is 2.17. The summed E-state index contributed by atoms with van der Waals surface area (Å²) in [6.07, 6.45) is 3.01. The lowest BCUT2D eigenvalue weighted by atomic mass is 10.0. The number of pyridine rings is 1. The third-order valence-corrected chi connectivity index (χ3v) is 6.05. The second-order valence-corrected chi connectivity index (χ2v) is 8.36. The van der Waals surface area contributed by atoms with E-state index in [4.69, 9.17) is 9.72 Å². The van der Waals surface area contributed by atoms with E-state index in [-0.39, 0.29) is 17.5 Å². The van der Waals surface area contributed by atoms with Crippen molar-refractivity contribution in [2.45, 2.75) is 40.2 Å². The zero-order valence-electron chi connectivity index (χ0n) is 17.9. The highest BCUT2D eigenvalue weighted by Crippen LogP contribution is 2.31. The molecule has 7 heteroatoms. The first-order valence-corrected chi connectivity index (χ1v) is 11.3. The number of nitrogens with zero attached hydrogens (tertiary/aromatic N) is 2. The third-order valence-electron chi connectivity index (χ3n) is 5.18. The highest BCUT2D eigenvalue weighted by molar-refractivity contribution is 7.17. The van der Waals surface area contributed by atoms with Crippen molar-refractivity contribution in [3.05, 3.63) is 79.6 Å². The van der Waals surface area contributed by atoms with Crippen LogP contribution in [0.3, 0.4) is 0 Å². The molecule has 0 aliphatic heterocycles. The van der Waals surface area contributed by atoms with Gasteiger partial charge < -0.3 is 9.72 Å². The predicted octanol–water partition coefficient (Wildman–Crippen LogP) is 4.52. The molecule has 6 nitrogen and oxygen atoms in total. The lowest BCUT2D eigenvalue weighted by Crippen LogP contribution is -2.26. The fourth-order valence-electron chi connectivity index (χ4n) is 3.53. The van der Waals surface area contributed by atoms with Crippen LogP contribution in [0.2, 0.25) is 0 Å². The number of aryl methyl sites for hydroxylation is 2. The van der Waals surface area contributed by atoms with Gasteiger partial charge in [0, 0.05) is 35.3 Å². The summed E-state index contributed by atoms with van der Waals surface area (Å²) in [5, 5.41) is 2.62. The average molecular weight is 436 g/mol. The van der Waals surface area contributed by atoms with Crippen LogP contribution in [0.5, 0.6) is 5.75 Å². The Morgan fingerprint density at radius 3 is 2.61 bits per heavy atom. The summed E-state index contributed by atoms with van der Waals surface area (Å²) in [7, 11) is 0. The Kier molecular flexibility index (Phi) is 6.04. The van der Waals surface area contributed by atoms with Gasteiger partial charge in [0.1, 0.15) is 10.7 Å². The predicted molar refractivity (Wildman–Crippen MR) is 125 cm³/mol. The smallest absolute Gasteiger partial charge is 0.263 e. The quantitative estimate of drug-likeness (QED) is 0.463. The number of hydrogen-bond acceptors (Lipinski definition) is 5. The molecule has 0 atom stereocenters. The molecule has 0 aliphatic rings. The number of fused-ring (bicyclic) bond motifs is 1. The molecular weight excluding hydrogens is 410 g/mol. The molecule has 0 aliphatic carbocycles. The van der Waals surface area contributed by atoms with Gasteiger partial charge in [0.25, 0.3) is 5.56 Å². The number of aromatic amines is 1. The van der Waals surface area contributed by atoms with E-state index in [2.05, 4.69) is 4.98 Å². The molecule has 31 heavy (non-hydrogen) atoms. The Morgan fingerprint density at radius 1 is 1.16 bits per heavy atom. The van der Waals surface area contributed by atoms with E-state index < -0.39 is 0 Å². The molecule has 1 aromatic carbocycles. The Morgan fingerprint density at radius 2 is 1.94 bits per heavy atom. The first kappa shape index (κ1) is 21.1. The SMILES string of the molecule is CCCOc1c[nH]c(Cn2c(CC)nc3scc(-c4ccc(C)cc4)c3c2=O)cc1=O. The van der Waals surface area contributed by atoms with Gasteiger partial charge in [-0.3, -0.25) is 14.2 Å². The molecule has 4 rings (SSSR count). The van der Waals surface area contributed by atoms with E-state index in [0.717, 1.165) is 22.4 Å². The topological polar surface area (TPSA) is 77.0 Å². The number of H-pyrrole nitrogens is 1. The van der Waals surface area contributed by atoms with Crippen molar-refractivity contribution in [1.82, 2.24) is 14.5 Å². The minimum absolute atomic E-state index is 0.0918. The summed E-state index contributed by atoms with van der Waals surface area (Å²) in [5.74, 6) is 0.990. The maximum Gasteiger partial charge on any atom is 0.263 e.